The van der Waals surface area contributed by atoms with Crippen molar-refractivity contribution in [2.45, 2.75) is 132 Å². The molecule has 0 saturated carbocycles. The molecular formula is C33H49NO11. The van der Waals surface area contributed by atoms with E-state index in [9.17, 15) is 30.3 Å². The molecule has 14 atom stereocenters. The van der Waals surface area contributed by atoms with Crippen LogP contribution in [-0.4, -0.2) is 111 Å². The molecule has 3 saturated heterocycles. The highest BCUT2D eigenvalue weighted by Gasteiger charge is 2.48. The van der Waals surface area contributed by atoms with Gasteiger partial charge in [-0.3, -0.25) is 0 Å². The molecule has 0 aromatic heterocycles. The second kappa shape index (κ2) is 16.1. The first-order valence-electron chi connectivity index (χ1n) is 15.7. The van der Waals surface area contributed by atoms with Gasteiger partial charge >= 0.3 is 5.97 Å². The number of aliphatic hydroxyl groups is 5. The lowest BCUT2D eigenvalue weighted by molar-refractivity contribution is -0.308. The fourth-order valence-electron chi connectivity index (χ4n) is 5.84. The third-order valence-corrected chi connectivity index (χ3v) is 8.67. The van der Waals surface area contributed by atoms with Gasteiger partial charge in [0.25, 0.3) is 0 Å². The maximum atomic E-state index is 12.2. The summed E-state index contributed by atoms with van der Waals surface area (Å²) in [5, 5.41) is 54.0. The zero-order valence-corrected chi connectivity index (χ0v) is 26.1. The minimum atomic E-state index is -1.82. The highest BCUT2D eigenvalue weighted by atomic mass is 16.7. The standard InChI is InChI=1S/C33H49NO11/c1-19-11-9-7-5-4-6-8-10-12-23(43-32-31(39)29(34)30(38)21(3)42-32)16-26-20(2)24(36)18-33(40,45-26)17-22(35)15-27-25(44-27)13-14-28(37)41-19/h4-10,12-14,19-27,29-32,35-36,38-40H,11,15-18,34H2,1-3H3/b5-4+,8-6+,9-7+,12-10+,14-13-/t19-,20-,21-,22+,23-,24+,25-,26-,27+,29+,30-,31-,32?,33+/m0/s1. The Morgan fingerprint density at radius 3 is 2.36 bits per heavy atom. The van der Waals surface area contributed by atoms with E-state index in [2.05, 4.69) is 0 Å². The number of carbonyl (C=O) groups excluding carboxylic acids is 1. The van der Waals surface area contributed by atoms with Gasteiger partial charge in [0.15, 0.2) is 12.1 Å². The van der Waals surface area contributed by atoms with E-state index < -0.39 is 72.7 Å². The molecule has 2 bridgehead atoms. The maximum absolute atomic E-state index is 12.2. The Kier molecular flexibility index (Phi) is 12.7. The molecule has 0 aliphatic carbocycles. The molecule has 4 aliphatic heterocycles. The summed E-state index contributed by atoms with van der Waals surface area (Å²) in [6, 6.07) is -0.977. The molecule has 0 aromatic rings. The number of hydrogen-bond donors (Lipinski definition) is 6. The Hall–Kier alpha value is -2.23. The third kappa shape index (κ3) is 10.4. The van der Waals surface area contributed by atoms with Crippen LogP contribution in [0.1, 0.15) is 52.9 Å². The quantitative estimate of drug-likeness (QED) is 0.187. The van der Waals surface area contributed by atoms with Gasteiger partial charge in [0, 0.05) is 44.1 Å². The van der Waals surface area contributed by atoms with E-state index in [0.29, 0.717) is 6.42 Å². The van der Waals surface area contributed by atoms with E-state index in [1.807, 2.05) is 30.4 Å². The van der Waals surface area contributed by atoms with Crippen LogP contribution in [-0.2, 0) is 28.5 Å². The minimum absolute atomic E-state index is 0.0970. The number of fused-ring (bicyclic) bond motifs is 3. The predicted molar refractivity (Wildman–Crippen MR) is 163 cm³/mol. The second-order valence-electron chi connectivity index (χ2n) is 12.6. The average Bonchev–Trinajstić information content (AvgIpc) is 3.71. The first kappa shape index (κ1) is 35.6. The summed E-state index contributed by atoms with van der Waals surface area (Å²) in [6.07, 6.45) is 9.53. The molecule has 4 aliphatic rings. The molecular weight excluding hydrogens is 586 g/mol. The molecule has 3 fully saturated rings. The first-order chi connectivity index (χ1) is 21.3. The monoisotopic (exact) mass is 635 g/mol. The number of rotatable bonds is 2. The van der Waals surface area contributed by atoms with Gasteiger partial charge in [-0.05, 0) is 19.9 Å². The van der Waals surface area contributed by atoms with E-state index in [1.165, 1.54) is 6.08 Å². The van der Waals surface area contributed by atoms with Crippen LogP contribution in [0.25, 0.3) is 0 Å². The van der Waals surface area contributed by atoms with Gasteiger partial charge < -0.3 is 55.0 Å². The van der Waals surface area contributed by atoms with Crippen LogP contribution in [0.15, 0.2) is 60.8 Å². The number of allylic oxidation sites excluding steroid dienone is 6. The zero-order chi connectivity index (χ0) is 32.7. The number of epoxide rings is 1. The summed E-state index contributed by atoms with van der Waals surface area (Å²) in [7, 11) is 0. The average molecular weight is 636 g/mol. The van der Waals surface area contributed by atoms with Crippen molar-refractivity contribution in [3.63, 3.8) is 0 Å². The van der Waals surface area contributed by atoms with Crippen molar-refractivity contribution < 1.29 is 54.0 Å². The Bertz CT molecular complexity index is 1120. The van der Waals surface area contributed by atoms with E-state index in [1.54, 1.807) is 45.1 Å². The number of esters is 1. The highest BCUT2D eigenvalue weighted by molar-refractivity contribution is 5.82. The summed E-state index contributed by atoms with van der Waals surface area (Å²) in [6.45, 7) is 5.24. The van der Waals surface area contributed by atoms with Crippen LogP contribution in [0.3, 0.4) is 0 Å². The van der Waals surface area contributed by atoms with Crippen LogP contribution in [0.4, 0.5) is 0 Å². The second-order valence-corrected chi connectivity index (χ2v) is 12.6. The lowest BCUT2D eigenvalue weighted by Gasteiger charge is -2.45. The molecule has 4 heterocycles. The largest absolute Gasteiger partial charge is 0.459 e. The molecule has 0 radical (unpaired) electrons. The number of carbonyl (C=O) groups is 1. The molecule has 0 spiro atoms. The van der Waals surface area contributed by atoms with Crippen molar-refractivity contribution in [3.8, 4) is 0 Å². The van der Waals surface area contributed by atoms with Gasteiger partial charge in [-0.25, -0.2) is 4.79 Å². The van der Waals surface area contributed by atoms with Gasteiger partial charge in [0.05, 0.1) is 48.8 Å². The lowest BCUT2D eigenvalue weighted by Crippen LogP contribution is -2.61. The lowest BCUT2D eigenvalue weighted by atomic mass is 9.84. The van der Waals surface area contributed by atoms with Crippen LogP contribution < -0.4 is 5.73 Å². The first-order valence-corrected chi connectivity index (χ1v) is 15.7. The van der Waals surface area contributed by atoms with Gasteiger partial charge in [0.1, 0.15) is 18.3 Å². The van der Waals surface area contributed by atoms with Crippen LogP contribution in [0.5, 0.6) is 0 Å². The molecule has 0 aromatic carbocycles. The Labute approximate surface area is 264 Å². The number of aliphatic hydroxyl groups excluding tert-OH is 4. The van der Waals surface area contributed by atoms with Gasteiger partial charge in [-0.2, -0.15) is 0 Å². The molecule has 0 amide bonds. The highest BCUT2D eigenvalue weighted by Crippen LogP contribution is 2.38. The molecule has 1 unspecified atom stereocenters. The Balaban J connectivity index is 1.53. The van der Waals surface area contributed by atoms with Crippen LogP contribution in [0.2, 0.25) is 0 Å². The third-order valence-electron chi connectivity index (χ3n) is 8.67. The Morgan fingerprint density at radius 2 is 1.60 bits per heavy atom. The van der Waals surface area contributed by atoms with Gasteiger partial charge in [-0.1, -0.05) is 55.5 Å². The van der Waals surface area contributed by atoms with E-state index in [-0.39, 0.29) is 44.0 Å². The molecule has 7 N–H and O–H groups in total. The number of ether oxygens (including phenoxy) is 5. The van der Waals surface area contributed by atoms with Crippen molar-refractivity contribution >= 4 is 5.97 Å². The molecule has 252 valence electrons. The zero-order valence-electron chi connectivity index (χ0n) is 26.1. The fraction of sp³-hybridized carbons (Fsp3) is 0.667. The minimum Gasteiger partial charge on any atom is -0.459 e. The van der Waals surface area contributed by atoms with Crippen molar-refractivity contribution in [1.82, 2.24) is 0 Å². The summed E-state index contributed by atoms with van der Waals surface area (Å²) < 4.78 is 29.0. The van der Waals surface area contributed by atoms with Crippen molar-refractivity contribution in [2.75, 3.05) is 0 Å². The fourth-order valence-corrected chi connectivity index (χ4v) is 5.84. The van der Waals surface area contributed by atoms with E-state index in [0.717, 1.165) is 0 Å². The van der Waals surface area contributed by atoms with Crippen LogP contribution in [0, 0.1) is 5.92 Å². The van der Waals surface area contributed by atoms with E-state index in [4.69, 9.17) is 29.4 Å². The predicted octanol–water partition coefficient (Wildman–Crippen LogP) is 1.06. The SMILES string of the molecule is C[C@H]1[C@H](O)C[C@@]2(O)C[C@H](O)C[C@H]3O[C@H]3/C=C\C(=O)O[C@@H](C)C/C=C/C=C/C=C/C=C/[C@H](OC3O[C@@H](C)[C@H](O)[C@@H](N)[C@@H]3O)C[C@@H]1O2. The maximum Gasteiger partial charge on any atom is 0.330 e. The Morgan fingerprint density at radius 1 is 0.889 bits per heavy atom. The molecule has 4 rings (SSSR count). The number of cyclic esters (lactones) is 1. The summed E-state index contributed by atoms with van der Waals surface area (Å²) in [5.41, 5.74) is 6.01. The van der Waals surface area contributed by atoms with Crippen LogP contribution >= 0.6 is 0 Å². The summed E-state index contributed by atoms with van der Waals surface area (Å²) in [5.74, 6) is -2.70. The normalized spacial score (nSPS) is 48.9. The molecule has 12 nitrogen and oxygen atoms in total. The molecule has 12 heteroatoms. The van der Waals surface area contributed by atoms with Gasteiger partial charge in [-0.15, -0.1) is 0 Å². The summed E-state index contributed by atoms with van der Waals surface area (Å²) >= 11 is 0. The number of hydrogen-bond acceptors (Lipinski definition) is 12. The van der Waals surface area contributed by atoms with Crippen molar-refractivity contribution in [1.29, 1.82) is 0 Å². The van der Waals surface area contributed by atoms with Crippen molar-refractivity contribution in [3.05, 3.63) is 60.8 Å². The topological polar surface area (TPSA) is 194 Å². The smallest absolute Gasteiger partial charge is 0.330 e. The van der Waals surface area contributed by atoms with Gasteiger partial charge in [0.2, 0.25) is 0 Å². The molecule has 45 heavy (non-hydrogen) atoms. The summed E-state index contributed by atoms with van der Waals surface area (Å²) in [4.78, 5) is 12.2. The van der Waals surface area contributed by atoms with Crippen molar-refractivity contribution in [2.24, 2.45) is 11.7 Å². The number of nitrogens with two attached hydrogens (primary N) is 1. The van der Waals surface area contributed by atoms with E-state index >= 15 is 0 Å².